The van der Waals surface area contributed by atoms with Crippen molar-refractivity contribution in [2.24, 2.45) is 0 Å². The number of hydrogen-bond acceptors (Lipinski definition) is 4. The summed E-state index contributed by atoms with van der Waals surface area (Å²) in [6, 6.07) is 0.630. The summed E-state index contributed by atoms with van der Waals surface area (Å²) < 4.78 is 10.5. The van der Waals surface area contributed by atoms with Gasteiger partial charge in [-0.2, -0.15) is 0 Å². The second-order valence-electron chi connectivity index (χ2n) is 4.69. The minimum absolute atomic E-state index is 0.0548. The van der Waals surface area contributed by atoms with E-state index in [1.165, 1.54) is 0 Å². The maximum absolute atomic E-state index is 11.4. The lowest BCUT2D eigenvalue weighted by Gasteiger charge is -2.28. The van der Waals surface area contributed by atoms with Gasteiger partial charge in [-0.25, -0.2) is 0 Å². The molecule has 0 radical (unpaired) electrons. The van der Waals surface area contributed by atoms with Crippen molar-refractivity contribution in [3.05, 3.63) is 0 Å². The van der Waals surface area contributed by atoms with Crippen LogP contribution >= 0.6 is 0 Å². The fourth-order valence-corrected chi connectivity index (χ4v) is 2.26. The zero-order valence-corrected chi connectivity index (χ0v) is 11.5. The van der Waals surface area contributed by atoms with Crippen molar-refractivity contribution in [3.8, 4) is 0 Å². The highest BCUT2D eigenvalue weighted by atomic mass is 16.5. The number of carbonyl (C=O) groups is 1. The van der Waals surface area contributed by atoms with E-state index in [0.29, 0.717) is 19.2 Å². The highest BCUT2D eigenvalue weighted by molar-refractivity contribution is 5.77. The van der Waals surface area contributed by atoms with Gasteiger partial charge in [-0.15, -0.1) is 0 Å². The Hall–Kier alpha value is -0.650. The minimum atomic E-state index is -0.0548. The van der Waals surface area contributed by atoms with Gasteiger partial charge in [-0.3, -0.25) is 4.79 Å². The molecule has 0 aromatic carbocycles. The summed E-state index contributed by atoms with van der Waals surface area (Å²) in [5, 5.41) is 6.21. The summed E-state index contributed by atoms with van der Waals surface area (Å²) in [7, 11) is 1.62. The van der Waals surface area contributed by atoms with Gasteiger partial charge in [0.15, 0.2) is 0 Å². The summed E-state index contributed by atoms with van der Waals surface area (Å²) in [5.41, 5.74) is 0. The van der Waals surface area contributed by atoms with Gasteiger partial charge in [0.25, 0.3) is 0 Å². The molecule has 0 atom stereocenters. The van der Waals surface area contributed by atoms with Gasteiger partial charge < -0.3 is 20.1 Å². The van der Waals surface area contributed by atoms with Crippen LogP contribution in [0, 0.1) is 0 Å². The number of methoxy groups -OCH3 is 1. The van der Waals surface area contributed by atoms with Crippen LogP contribution in [0.4, 0.5) is 0 Å². The number of ether oxygens (including phenoxy) is 2. The van der Waals surface area contributed by atoms with Gasteiger partial charge in [0.05, 0.1) is 12.7 Å². The number of carbonyl (C=O) groups excluding carboxylic acids is 1. The summed E-state index contributed by atoms with van der Waals surface area (Å²) >= 11 is 0. The maximum atomic E-state index is 11.4. The first kappa shape index (κ1) is 15.4. The Balaban J connectivity index is 2.04. The molecule has 106 valence electrons. The monoisotopic (exact) mass is 258 g/mol. The first-order valence-corrected chi connectivity index (χ1v) is 6.86. The number of amides is 1. The van der Waals surface area contributed by atoms with Crippen molar-refractivity contribution >= 4 is 5.91 Å². The second-order valence-corrected chi connectivity index (χ2v) is 4.69. The summed E-state index contributed by atoms with van der Waals surface area (Å²) in [5.74, 6) is -0.0548. The Labute approximate surface area is 110 Å². The van der Waals surface area contributed by atoms with Crippen molar-refractivity contribution in [2.45, 2.75) is 44.8 Å². The van der Waals surface area contributed by atoms with E-state index in [1.807, 2.05) is 0 Å². The van der Waals surface area contributed by atoms with Gasteiger partial charge >= 0.3 is 0 Å². The van der Waals surface area contributed by atoms with Crippen molar-refractivity contribution in [1.29, 1.82) is 0 Å². The molecular weight excluding hydrogens is 232 g/mol. The molecule has 0 bridgehead atoms. The van der Waals surface area contributed by atoms with Crippen molar-refractivity contribution < 1.29 is 14.3 Å². The third kappa shape index (κ3) is 6.33. The molecule has 0 heterocycles. The molecule has 0 aromatic rings. The minimum Gasteiger partial charge on any atom is -0.383 e. The van der Waals surface area contributed by atoms with Gasteiger partial charge in [0.1, 0.15) is 6.61 Å². The van der Waals surface area contributed by atoms with Gasteiger partial charge in [-0.05, 0) is 32.2 Å². The molecule has 1 fully saturated rings. The van der Waals surface area contributed by atoms with E-state index in [2.05, 4.69) is 17.6 Å². The fourth-order valence-electron chi connectivity index (χ4n) is 2.26. The normalized spacial score (nSPS) is 23.9. The van der Waals surface area contributed by atoms with E-state index in [0.717, 1.165) is 32.2 Å². The average molecular weight is 258 g/mol. The Bertz CT molecular complexity index is 228. The fraction of sp³-hybridized carbons (Fsp3) is 0.923. The second kappa shape index (κ2) is 9.30. The molecule has 0 saturated heterocycles. The first-order valence-electron chi connectivity index (χ1n) is 6.86. The Morgan fingerprint density at radius 2 is 2.00 bits per heavy atom. The summed E-state index contributed by atoms with van der Waals surface area (Å²) in [6.45, 7) is 4.41. The molecule has 0 aromatic heterocycles. The van der Waals surface area contributed by atoms with Gasteiger partial charge in [0.2, 0.25) is 5.91 Å². The molecule has 1 amide bonds. The molecule has 0 aliphatic heterocycles. The van der Waals surface area contributed by atoms with Crippen LogP contribution in [-0.4, -0.2) is 51.5 Å². The van der Waals surface area contributed by atoms with Crippen LogP contribution in [-0.2, 0) is 14.3 Å². The SMILES string of the molecule is CCNC1CCC(OCC(=O)NCCOC)CC1. The maximum Gasteiger partial charge on any atom is 0.246 e. The summed E-state index contributed by atoms with van der Waals surface area (Å²) in [6.07, 6.45) is 4.62. The molecule has 2 N–H and O–H groups in total. The van der Waals surface area contributed by atoms with Crippen LogP contribution in [0.1, 0.15) is 32.6 Å². The highest BCUT2D eigenvalue weighted by Crippen LogP contribution is 2.20. The molecule has 1 rings (SSSR count). The van der Waals surface area contributed by atoms with E-state index >= 15 is 0 Å². The molecule has 0 unspecified atom stereocenters. The zero-order valence-electron chi connectivity index (χ0n) is 11.5. The molecule has 0 spiro atoms. The smallest absolute Gasteiger partial charge is 0.246 e. The van der Waals surface area contributed by atoms with E-state index in [9.17, 15) is 4.79 Å². The van der Waals surface area contributed by atoms with Crippen LogP contribution in [0.25, 0.3) is 0 Å². The third-order valence-electron chi connectivity index (χ3n) is 3.25. The topological polar surface area (TPSA) is 59.6 Å². The van der Waals surface area contributed by atoms with Crippen LogP contribution < -0.4 is 10.6 Å². The summed E-state index contributed by atoms with van der Waals surface area (Å²) in [4.78, 5) is 11.4. The van der Waals surface area contributed by atoms with Crippen LogP contribution in [0.5, 0.6) is 0 Å². The lowest BCUT2D eigenvalue weighted by molar-refractivity contribution is -0.128. The molecule has 18 heavy (non-hydrogen) atoms. The van der Waals surface area contributed by atoms with Gasteiger partial charge in [-0.1, -0.05) is 6.92 Å². The molecule has 1 aliphatic carbocycles. The van der Waals surface area contributed by atoms with E-state index in [-0.39, 0.29) is 18.6 Å². The van der Waals surface area contributed by atoms with Crippen LogP contribution in [0.3, 0.4) is 0 Å². The van der Waals surface area contributed by atoms with Crippen LogP contribution in [0.2, 0.25) is 0 Å². The van der Waals surface area contributed by atoms with Crippen molar-refractivity contribution in [2.75, 3.05) is 33.4 Å². The van der Waals surface area contributed by atoms with Crippen molar-refractivity contribution in [3.63, 3.8) is 0 Å². The predicted octanol–water partition coefficient (Wildman–Crippen LogP) is 0.686. The van der Waals surface area contributed by atoms with Crippen molar-refractivity contribution in [1.82, 2.24) is 10.6 Å². The van der Waals surface area contributed by atoms with E-state index < -0.39 is 0 Å². The third-order valence-corrected chi connectivity index (χ3v) is 3.25. The predicted molar refractivity (Wildman–Crippen MR) is 70.6 cm³/mol. The standard InChI is InChI=1S/C13H26N2O3/c1-3-14-11-4-6-12(7-5-11)18-10-13(16)15-8-9-17-2/h11-12,14H,3-10H2,1-2H3,(H,15,16). The quantitative estimate of drug-likeness (QED) is 0.629. The molecule has 5 heteroatoms. The number of rotatable bonds is 8. The molecule has 5 nitrogen and oxygen atoms in total. The number of nitrogens with one attached hydrogen (secondary N) is 2. The Morgan fingerprint density at radius 1 is 1.28 bits per heavy atom. The molecule has 1 aliphatic rings. The Kier molecular flexibility index (Phi) is 7.96. The average Bonchev–Trinajstić information content (AvgIpc) is 2.39. The van der Waals surface area contributed by atoms with Gasteiger partial charge in [0, 0.05) is 19.7 Å². The largest absolute Gasteiger partial charge is 0.383 e. The van der Waals surface area contributed by atoms with Crippen LogP contribution in [0.15, 0.2) is 0 Å². The lowest BCUT2D eigenvalue weighted by atomic mass is 9.93. The molecular formula is C13H26N2O3. The first-order chi connectivity index (χ1) is 8.76. The number of hydrogen-bond donors (Lipinski definition) is 2. The lowest BCUT2D eigenvalue weighted by Crippen LogP contribution is -2.37. The zero-order chi connectivity index (χ0) is 13.2. The molecule has 1 saturated carbocycles. The van der Waals surface area contributed by atoms with E-state index in [4.69, 9.17) is 9.47 Å². The Morgan fingerprint density at radius 3 is 2.61 bits per heavy atom. The van der Waals surface area contributed by atoms with E-state index in [1.54, 1.807) is 7.11 Å². The highest BCUT2D eigenvalue weighted by Gasteiger charge is 2.21.